The van der Waals surface area contributed by atoms with Crippen LogP contribution in [-0.4, -0.2) is 11.8 Å². The molecule has 1 spiro atoms. The van der Waals surface area contributed by atoms with Crippen molar-refractivity contribution in [3.63, 3.8) is 0 Å². The molecule has 1 aliphatic heterocycles. The van der Waals surface area contributed by atoms with E-state index in [4.69, 9.17) is 16.3 Å². The summed E-state index contributed by atoms with van der Waals surface area (Å²) in [6.45, 7) is 3.56. The molecule has 124 valence electrons. The largest absolute Gasteiger partial charge is 0.456 e. The van der Waals surface area contributed by atoms with Crippen molar-refractivity contribution >= 4 is 23.4 Å². The first kappa shape index (κ1) is 16.4. The Hall–Kier alpha value is -1.42. The lowest BCUT2D eigenvalue weighted by molar-refractivity contribution is -0.192. The number of esters is 1. The van der Waals surface area contributed by atoms with Gasteiger partial charge < -0.3 is 4.74 Å². The average molecular weight is 339 g/mol. The normalized spacial score (nSPS) is 26.2. The standard InChI is InChI=1S/C18H20ClFO3/c1-17(2)14(12-7-6-11(20)10-13(12)19)23-16(22)18(15(17)21)8-4-3-5-9-18/h6-7,10,14H,3-5,8-9H2,1-2H3. The number of Topliss-reactive ketones (excluding diaryl/α,β-unsaturated/α-hetero) is 1. The van der Waals surface area contributed by atoms with E-state index < -0.39 is 28.7 Å². The zero-order valence-corrected chi connectivity index (χ0v) is 14.1. The van der Waals surface area contributed by atoms with E-state index in [1.54, 1.807) is 13.8 Å². The van der Waals surface area contributed by atoms with Crippen molar-refractivity contribution in [1.82, 2.24) is 0 Å². The molecule has 1 aromatic rings. The second kappa shape index (κ2) is 5.59. The average Bonchev–Trinajstić information content (AvgIpc) is 2.51. The third-order valence-corrected chi connectivity index (χ3v) is 5.57. The van der Waals surface area contributed by atoms with Crippen LogP contribution in [0.5, 0.6) is 0 Å². The lowest BCUT2D eigenvalue weighted by Gasteiger charge is -2.47. The third-order valence-electron chi connectivity index (χ3n) is 5.24. The van der Waals surface area contributed by atoms with E-state index in [0.717, 1.165) is 19.3 Å². The highest BCUT2D eigenvalue weighted by Gasteiger charge is 2.60. The fourth-order valence-corrected chi connectivity index (χ4v) is 4.21. The summed E-state index contributed by atoms with van der Waals surface area (Å²) in [4.78, 5) is 25.8. The first-order chi connectivity index (χ1) is 10.8. The molecule has 1 saturated heterocycles. The van der Waals surface area contributed by atoms with Gasteiger partial charge >= 0.3 is 5.97 Å². The Bertz CT molecular complexity index is 662. The topological polar surface area (TPSA) is 43.4 Å². The molecule has 1 heterocycles. The summed E-state index contributed by atoms with van der Waals surface area (Å²) < 4.78 is 19.0. The van der Waals surface area contributed by atoms with Crippen LogP contribution in [0.2, 0.25) is 5.02 Å². The van der Waals surface area contributed by atoms with Crippen molar-refractivity contribution in [3.8, 4) is 0 Å². The second-order valence-corrected chi connectivity index (χ2v) is 7.55. The molecule has 1 atom stereocenters. The fourth-order valence-electron chi connectivity index (χ4n) is 3.95. The number of ether oxygens (including phenoxy) is 1. The lowest BCUT2D eigenvalue weighted by atomic mass is 9.60. The summed E-state index contributed by atoms with van der Waals surface area (Å²) in [5, 5.41) is 0.170. The molecule has 2 fully saturated rings. The minimum atomic E-state index is -1.01. The Labute approximate surface area is 140 Å². The fraction of sp³-hybridized carbons (Fsp3) is 0.556. The Balaban J connectivity index is 2.02. The summed E-state index contributed by atoms with van der Waals surface area (Å²) in [6, 6.07) is 3.93. The van der Waals surface area contributed by atoms with Gasteiger partial charge in [0.05, 0.1) is 10.4 Å². The number of hydrogen-bond acceptors (Lipinski definition) is 3. The van der Waals surface area contributed by atoms with Gasteiger partial charge in [0, 0.05) is 5.56 Å². The molecule has 3 nitrogen and oxygen atoms in total. The van der Waals surface area contributed by atoms with Crippen LogP contribution in [0.3, 0.4) is 0 Å². The van der Waals surface area contributed by atoms with Crippen LogP contribution >= 0.6 is 11.6 Å². The second-order valence-electron chi connectivity index (χ2n) is 7.14. The summed E-state index contributed by atoms with van der Waals surface area (Å²) in [5.41, 5.74) is -1.43. The van der Waals surface area contributed by atoms with E-state index in [2.05, 4.69) is 0 Å². The van der Waals surface area contributed by atoms with E-state index in [-0.39, 0.29) is 10.8 Å². The Kier molecular flexibility index (Phi) is 3.99. The van der Waals surface area contributed by atoms with E-state index >= 15 is 0 Å². The van der Waals surface area contributed by atoms with Crippen LogP contribution in [0.1, 0.15) is 57.6 Å². The molecule has 1 saturated carbocycles. The number of carbonyl (C=O) groups is 2. The molecule has 2 aliphatic rings. The van der Waals surface area contributed by atoms with E-state index in [1.165, 1.54) is 18.2 Å². The summed E-state index contributed by atoms with van der Waals surface area (Å²) in [5.74, 6) is -0.993. The van der Waals surface area contributed by atoms with Gasteiger partial charge in [0.1, 0.15) is 17.3 Å². The van der Waals surface area contributed by atoms with E-state index in [0.29, 0.717) is 18.4 Å². The number of hydrogen-bond donors (Lipinski definition) is 0. The quantitative estimate of drug-likeness (QED) is 0.554. The maximum atomic E-state index is 13.3. The van der Waals surface area contributed by atoms with Gasteiger partial charge in [-0.3, -0.25) is 9.59 Å². The molecular formula is C18H20ClFO3. The van der Waals surface area contributed by atoms with Crippen molar-refractivity contribution in [3.05, 3.63) is 34.6 Å². The van der Waals surface area contributed by atoms with Gasteiger partial charge in [0.2, 0.25) is 0 Å². The number of benzene rings is 1. The van der Waals surface area contributed by atoms with Gasteiger partial charge in [0.15, 0.2) is 5.78 Å². The van der Waals surface area contributed by atoms with Crippen LogP contribution in [0.25, 0.3) is 0 Å². The maximum Gasteiger partial charge on any atom is 0.320 e. The van der Waals surface area contributed by atoms with Gasteiger partial charge in [-0.05, 0) is 38.8 Å². The predicted molar refractivity (Wildman–Crippen MR) is 84.5 cm³/mol. The van der Waals surface area contributed by atoms with Gasteiger partial charge in [-0.25, -0.2) is 4.39 Å². The number of ketones is 1. The number of carbonyl (C=O) groups excluding carboxylic acids is 2. The molecule has 23 heavy (non-hydrogen) atoms. The molecule has 1 unspecified atom stereocenters. The van der Waals surface area contributed by atoms with Crippen LogP contribution in [0.4, 0.5) is 4.39 Å². The van der Waals surface area contributed by atoms with Crippen molar-refractivity contribution in [2.45, 2.75) is 52.1 Å². The van der Waals surface area contributed by atoms with E-state index in [9.17, 15) is 14.0 Å². The molecular weight excluding hydrogens is 319 g/mol. The minimum Gasteiger partial charge on any atom is -0.456 e. The van der Waals surface area contributed by atoms with Crippen molar-refractivity contribution in [2.75, 3.05) is 0 Å². The molecule has 3 rings (SSSR count). The number of rotatable bonds is 1. The molecule has 1 aliphatic carbocycles. The smallest absolute Gasteiger partial charge is 0.320 e. The maximum absolute atomic E-state index is 13.3. The van der Waals surface area contributed by atoms with E-state index in [1.807, 2.05) is 0 Å². The molecule has 1 aromatic carbocycles. The van der Waals surface area contributed by atoms with Crippen molar-refractivity contribution in [1.29, 1.82) is 0 Å². The van der Waals surface area contributed by atoms with Crippen LogP contribution in [0.15, 0.2) is 18.2 Å². The first-order valence-corrected chi connectivity index (χ1v) is 8.38. The first-order valence-electron chi connectivity index (χ1n) is 8.00. The summed E-state index contributed by atoms with van der Waals surface area (Å²) >= 11 is 6.12. The molecule has 5 heteroatoms. The van der Waals surface area contributed by atoms with Gasteiger partial charge in [-0.15, -0.1) is 0 Å². The SMILES string of the molecule is CC1(C)C(=O)C2(CCCCC2)C(=O)OC1c1ccc(F)cc1Cl. The monoisotopic (exact) mass is 338 g/mol. The lowest BCUT2D eigenvalue weighted by Crippen LogP contribution is -2.55. The predicted octanol–water partition coefficient (Wildman–Crippen LogP) is 4.62. The Morgan fingerprint density at radius 3 is 2.43 bits per heavy atom. The number of cyclic esters (lactones) is 1. The molecule has 0 aromatic heterocycles. The molecule has 0 amide bonds. The van der Waals surface area contributed by atoms with Crippen molar-refractivity contribution in [2.24, 2.45) is 10.8 Å². The highest BCUT2D eigenvalue weighted by Crippen LogP contribution is 2.53. The Morgan fingerprint density at radius 2 is 1.83 bits per heavy atom. The summed E-state index contributed by atoms with van der Waals surface area (Å²) in [6.07, 6.45) is 3.08. The van der Waals surface area contributed by atoms with Gasteiger partial charge in [-0.2, -0.15) is 0 Å². The molecule has 0 bridgehead atoms. The van der Waals surface area contributed by atoms with Crippen molar-refractivity contribution < 1.29 is 18.7 Å². The van der Waals surface area contributed by atoms with Crippen LogP contribution in [0, 0.1) is 16.6 Å². The van der Waals surface area contributed by atoms with Crippen LogP contribution < -0.4 is 0 Å². The minimum absolute atomic E-state index is 0.0775. The summed E-state index contributed by atoms with van der Waals surface area (Å²) in [7, 11) is 0. The highest BCUT2D eigenvalue weighted by molar-refractivity contribution is 6.31. The third kappa shape index (κ3) is 2.47. The molecule has 0 N–H and O–H groups in total. The highest BCUT2D eigenvalue weighted by atomic mass is 35.5. The number of halogens is 2. The zero-order valence-electron chi connectivity index (χ0n) is 13.3. The molecule has 0 radical (unpaired) electrons. The van der Waals surface area contributed by atoms with Gasteiger partial charge in [-0.1, -0.05) is 36.9 Å². The Morgan fingerprint density at radius 1 is 1.17 bits per heavy atom. The van der Waals surface area contributed by atoms with Crippen LogP contribution in [-0.2, 0) is 14.3 Å². The van der Waals surface area contributed by atoms with Gasteiger partial charge in [0.25, 0.3) is 0 Å². The zero-order chi connectivity index (χ0) is 16.8.